The number of hydrogen-bond donors (Lipinski definition) is 1. The first-order chi connectivity index (χ1) is 20.9. The Kier molecular flexibility index (Phi) is 7.71. The molecule has 3 aromatic carbocycles. The van der Waals surface area contributed by atoms with Crippen molar-refractivity contribution in [2.24, 2.45) is 0 Å². The monoisotopic (exact) mass is 604 g/mol. The van der Waals surface area contributed by atoms with Crippen LogP contribution >= 0.6 is 11.6 Å². The molecular formula is C33H34ClFN4O4. The fourth-order valence-electron chi connectivity index (χ4n) is 6.37. The van der Waals surface area contributed by atoms with Crippen molar-refractivity contribution in [3.8, 4) is 11.5 Å². The number of likely N-dealkylation sites (tertiary alicyclic amines) is 1. The molecule has 8 nitrogen and oxygen atoms in total. The maximum atomic E-state index is 14.7. The molecule has 0 radical (unpaired) electrons. The molecule has 4 aromatic rings. The number of anilines is 1. The summed E-state index contributed by atoms with van der Waals surface area (Å²) in [6, 6.07) is 16.6. The summed E-state index contributed by atoms with van der Waals surface area (Å²) in [7, 11) is 0. The van der Waals surface area contributed by atoms with E-state index in [9.17, 15) is 9.18 Å². The van der Waals surface area contributed by atoms with Gasteiger partial charge in [-0.15, -0.1) is 0 Å². The number of benzene rings is 3. The molecule has 1 amide bonds. The van der Waals surface area contributed by atoms with Gasteiger partial charge in [0.25, 0.3) is 0 Å². The lowest BCUT2D eigenvalue weighted by molar-refractivity contribution is -0.114. The molecule has 2 atom stereocenters. The van der Waals surface area contributed by atoms with Gasteiger partial charge in [-0.2, -0.15) is 0 Å². The van der Waals surface area contributed by atoms with Gasteiger partial charge >= 0.3 is 0 Å². The van der Waals surface area contributed by atoms with E-state index in [1.165, 1.54) is 13.0 Å². The van der Waals surface area contributed by atoms with E-state index in [1.807, 2.05) is 30.3 Å². The predicted molar refractivity (Wildman–Crippen MR) is 162 cm³/mol. The molecule has 0 bridgehead atoms. The van der Waals surface area contributed by atoms with Crippen LogP contribution in [-0.2, 0) is 22.6 Å². The van der Waals surface area contributed by atoms with Crippen LogP contribution in [0.4, 0.5) is 10.1 Å². The third kappa shape index (κ3) is 5.81. The second-order valence-corrected chi connectivity index (χ2v) is 12.0. The number of rotatable bonds is 7. The van der Waals surface area contributed by atoms with Crippen molar-refractivity contribution in [1.82, 2.24) is 14.5 Å². The van der Waals surface area contributed by atoms with Gasteiger partial charge in [0.15, 0.2) is 17.6 Å². The Bertz CT molecular complexity index is 1660. The van der Waals surface area contributed by atoms with Crippen molar-refractivity contribution < 1.29 is 23.4 Å². The molecular weight excluding hydrogens is 571 g/mol. The van der Waals surface area contributed by atoms with E-state index in [4.69, 9.17) is 30.8 Å². The molecule has 3 aliphatic rings. The van der Waals surface area contributed by atoms with Gasteiger partial charge in [0.05, 0.1) is 30.2 Å². The average molecular weight is 605 g/mol. The van der Waals surface area contributed by atoms with Crippen LogP contribution < -0.4 is 14.8 Å². The maximum Gasteiger partial charge on any atom is 0.221 e. The number of nitrogens with one attached hydrogen (secondary N) is 1. The maximum absolute atomic E-state index is 14.7. The lowest BCUT2D eigenvalue weighted by Gasteiger charge is -2.35. The summed E-state index contributed by atoms with van der Waals surface area (Å²) in [5.41, 5.74) is 4.22. The first kappa shape index (κ1) is 28.1. The van der Waals surface area contributed by atoms with Crippen LogP contribution in [-0.4, -0.2) is 52.8 Å². The molecule has 2 saturated heterocycles. The zero-order valence-corrected chi connectivity index (χ0v) is 24.8. The van der Waals surface area contributed by atoms with E-state index >= 15 is 0 Å². The van der Waals surface area contributed by atoms with Crippen molar-refractivity contribution >= 4 is 34.2 Å². The van der Waals surface area contributed by atoms with Crippen LogP contribution in [0.3, 0.4) is 0 Å². The number of halogens is 2. The number of piperidine rings is 1. The Balaban J connectivity index is 1.07. The quantitative estimate of drug-likeness (QED) is 0.261. The van der Waals surface area contributed by atoms with Crippen molar-refractivity contribution in [3.05, 3.63) is 82.4 Å². The van der Waals surface area contributed by atoms with Crippen LogP contribution in [0.25, 0.3) is 11.0 Å². The highest BCUT2D eigenvalue weighted by Crippen LogP contribution is 2.45. The number of fused-ring (bicyclic) bond motifs is 2. The number of carbonyl (C=O) groups is 1. The minimum atomic E-state index is -0.537. The second-order valence-electron chi connectivity index (χ2n) is 11.6. The number of ether oxygens (including phenoxy) is 3. The first-order valence-corrected chi connectivity index (χ1v) is 15.3. The van der Waals surface area contributed by atoms with Gasteiger partial charge in [0.1, 0.15) is 18.2 Å². The molecule has 10 heteroatoms. The van der Waals surface area contributed by atoms with E-state index in [2.05, 4.69) is 20.9 Å². The SMILES string of the molecule is CC(=O)Nc1ccc2c(c1)nc(CN1CCC(c3cccc4c3OC(c3ccc(Cl)cc3F)CO4)CC1)n2CC1CCO1. The minimum Gasteiger partial charge on any atom is -0.485 e. The molecule has 0 saturated carbocycles. The topological polar surface area (TPSA) is 77.9 Å². The lowest BCUT2D eigenvalue weighted by Crippen LogP contribution is -2.35. The van der Waals surface area contributed by atoms with Gasteiger partial charge < -0.3 is 24.1 Å². The van der Waals surface area contributed by atoms with Crippen molar-refractivity contribution in [2.45, 2.75) is 57.4 Å². The Morgan fingerprint density at radius 2 is 1.93 bits per heavy atom. The third-order valence-electron chi connectivity index (χ3n) is 8.69. The number of amides is 1. The van der Waals surface area contributed by atoms with E-state index in [1.54, 1.807) is 12.1 Å². The Hall–Kier alpha value is -3.66. The average Bonchev–Trinajstić information content (AvgIpc) is 3.30. The van der Waals surface area contributed by atoms with Crippen LogP contribution in [0.15, 0.2) is 54.6 Å². The highest BCUT2D eigenvalue weighted by atomic mass is 35.5. The van der Waals surface area contributed by atoms with E-state index < -0.39 is 11.9 Å². The zero-order valence-electron chi connectivity index (χ0n) is 24.0. The molecule has 2 fully saturated rings. The largest absolute Gasteiger partial charge is 0.485 e. The van der Waals surface area contributed by atoms with Gasteiger partial charge in [-0.05, 0) is 74.7 Å². The van der Waals surface area contributed by atoms with Crippen LogP contribution in [0.1, 0.15) is 55.2 Å². The van der Waals surface area contributed by atoms with E-state index in [0.717, 1.165) is 80.2 Å². The number of para-hydroxylation sites is 1. The minimum absolute atomic E-state index is 0.103. The smallest absolute Gasteiger partial charge is 0.221 e. The molecule has 7 rings (SSSR count). The number of hydrogen-bond acceptors (Lipinski definition) is 6. The molecule has 0 spiro atoms. The van der Waals surface area contributed by atoms with Crippen molar-refractivity contribution in [2.75, 3.05) is 31.6 Å². The summed E-state index contributed by atoms with van der Waals surface area (Å²) in [5.74, 6) is 2.22. The summed E-state index contributed by atoms with van der Waals surface area (Å²) in [6.45, 7) is 5.87. The third-order valence-corrected chi connectivity index (χ3v) is 8.92. The second kappa shape index (κ2) is 11.8. The van der Waals surface area contributed by atoms with Crippen LogP contribution in [0, 0.1) is 5.82 Å². The van der Waals surface area contributed by atoms with Crippen molar-refractivity contribution in [3.63, 3.8) is 0 Å². The van der Waals surface area contributed by atoms with Gasteiger partial charge in [-0.25, -0.2) is 9.37 Å². The highest BCUT2D eigenvalue weighted by Gasteiger charge is 2.31. The Morgan fingerprint density at radius 3 is 2.67 bits per heavy atom. The van der Waals surface area contributed by atoms with Gasteiger partial charge in [0.2, 0.25) is 5.91 Å². The lowest BCUT2D eigenvalue weighted by atomic mass is 9.88. The molecule has 2 unspecified atom stereocenters. The van der Waals surface area contributed by atoms with Crippen LogP contribution in [0.2, 0.25) is 5.02 Å². The van der Waals surface area contributed by atoms with E-state index in [0.29, 0.717) is 28.0 Å². The van der Waals surface area contributed by atoms with Crippen molar-refractivity contribution in [1.29, 1.82) is 0 Å². The highest BCUT2D eigenvalue weighted by molar-refractivity contribution is 6.30. The molecule has 224 valence electrons. The molecule has 1 N–H and O–H groups in total. The normalized spacial score (nSPS) is 20.6. The summed E-state index contributed by atoms with van der Waals surface area (Å²) >= 11 is 5.97. The molecule has 0 aliphatic carbocycles. The van der Waals surface area contributed by atoms with Crippen LogP contribution in [0.5, 0.6) is 11.5 Å². The van der Waals surface area contributed by atoms with Gasteiger partial charge in [-0.3, -0.25) is 9.69 Å². The molecule has 3 aliphatic heterocycles. The fourth-order valence-corrected chi connectivity index (χ4v) is 6.53. The van der Waals surface area contributed by atoms with E-state index in [-0.39, 0.29) is 18.6 Å². The first-order valence-electron chi connectivity index (χ1n) is 14.9. The van der Waals surface area contributed by atoms with Gasteiger partial charge in [-0.1, -0.05) is 29.8 Å². The molecule has 43 heavy (non-hydrogen) atoms. The standard InChI is InChI=1S/C33H34ClFN4O4/c1-20(40)36-23-6-8-29-28(16-23)37-32(39(29)17-24-11-14-41-24)18-38-12-9-21(10-13-38)25-3-2-4-30-33(25)43-31(19-42-30)26-7-5-22(34)15-27(26)35/h2-8,15-16,21,24,31H,9-14,17-19H2,1H3,(H,36,40). The molecule has 1 aromatic heterocycles. The molecule has 4 heterocycles. The number of carbonyl (C=O) groups excluding carboxylic acids is 1. The number of imidazole rings is 1. The summed E-state index contributed by atoms with van der Waals surface area (Å²) in [4.78, 5) is 19.1. The summed E-state index contributed by atoms with van der Waals surface area (Å²) in [5, 5.41) is 3.22. The van der Waals surface area contributed by atoms with Gasteiger partial charge in [0, 0.05) is 35.4 Å². The predicted octanol–water partition coefficient (Wildman–Crippen LogP) is 6.47. The Morgan fingerprint density at radius 1 is 1.09 bits per heavy atom. The summed E-state index contributed by atoms with van der Waals surface area (Å²) in [6.07, 6.45) is 2.63. The Labute approximate surface area is 254 Å². The summed E-state index contributed by atoms with van der Waals surface area (Å²) < 4.78 is 35.2. The number of nitrogens with zero attached hydrogens (tertiary/aromatic N) is 3. The number of aromatic nitrogens is 2. The zero-order chi connectivity index (χ0) is 29.5. The fraction of sp³-hybridized carbons (Fsp3) is 0.394.